The van der Waals surface area contributed by atoms with Crippen LogP contribution in [0, 0.1) is 0 Å². The van der Waals surface area contributed by atoms with E-state index in [-0.39, 0.29) is 0 Å². The average Bonchev–Trinajstić information content (AvgIpc) is 2.41. The van der Waals surface area contributed by atoms with Gasteiger partial charge in [0.25, 0.3) is 0 Å². The van der Waals surface area contributed by atoms with Crippen molar-refractivity contribution in [2.24, 2.45) is 0 Å². The summed E-state index contributed by atoms with van der Waals surface area (Å²) in [5.41, 5.74) is 2.46. The van der Waals surface area contributed by atoms with Gasteiger partial charge in [-0.1, -0.05) is 60.7 Å². The molecule has 84 valence electrons. The first-order chi connectivity index (χ1) is 8.45. The van der Waals surface area contributed by atoms with Crippen LogP contribution in [0.4, 0.5) is 0 Å². The smallest absolute Gasteiger partial charge is 0.0242 e. The molecule has 0 radical (unpaired) electrons. The van der Waals surface area contributed by atoms with Gasteiger partial charge in [0, 0.05) is 0 Å². The van der Waals surface area contributed by atoms with Crippen molar-refractivity contribution in [1.29, 1.82) is 0 Å². The largest absolute Gasteiger partial charge is 0.106 e. The highest BCUT2D eigenvalue weighted by Gasteiger charge is 1.83. The minimum absolute atomic E-state index is 1.23. The van der Waals surface area contributed by atoms with E-state index in [1.165, 1.54) is 11.1 Å². The molecule has 2 aromatic carbocycles. The van der Waals surface area contributed by atoms with Gasteiger partial charge in [0.15, 0.2) is 0 Å². The van der Waals surface area contributed by atoms with Crippen molar-refractivity contribution in [2.75, 3.05) is 0 Å². The lowest BCUT2D eigenvalue weighted by molar-refractivity contribution is 1.66. The second-order valence-corrected chi connectivity index (χ2v) is 4.38. The van der Waals surface area contributed by atoms with E-state index in [0.29, 0.717) is 0 Å². The predicted octanol–water partition coefficient (Wildman–Crippen LogP) is 5.06. The van der Waals surface area contributed by atoms with Crippen molar-refractivity contribution in [2.45, 2.75) is 0 Å². The highest BCUT2D eigenvalue weighted by molar-refractivity contribution is 8.05. The summed E-state index contributed by atoms with van der Waals surface area (Å²) >= 11 is 1.68. The molecule has 0 aliphatic heterocycles. The van der Waals surface area contributed by atoms with E-state index in [1.807, 2.05) is 36.4 Å². The fourth-order valence-electron chi connectivity index (χ4n) is 1.41. The van der Waals surface area contributed by atoms with E-state index in [9.17, 15) is 0 Å². The highest BCUT2D eigenvalue weighted by Crippen LogP contribution is 2.11. The summed E-state index contributed by atoms with van der Waals surface area (Å²) in [6.07, 6.45) is 4.22. The van der Waals surface area contributed by atoms with Gasteiger partial charge in [0.05, 0.1) is 0 Å². The van der Waals surface area contributed by atoms with E-state index in [4.69, 9.17) is 0 Å². The lowest BCUT2D eigenvalue weighted by Gasteiger charge is -1.91. The summed E-state index contributed by atoms with van der Waals surface area (Å²) < 4.78 is 0. The van der Waals surface area contributed by atoms with Crippen LogP contribution in [-0.2, 0) is 0 Å². The molecular weight excluding hydrogens is 224 g/mol. The van der Waals surface area contributed by atoms with Crippen molar-refractivity contribution in [3.63, 3.8) is 0 Å². The minimum Gasteiger partial charge on any atom is -0.106 e. The van der Waals surface area contributed by atoms with Crippen LogP contribution in [0.5, 0.6) is 0 Å². The van der Waals surface area contributed by atoms with E-state index < -0.39 is 0 Å². The zero-order valence-corrected chi connectivity index (χ0v) is 10.3. The Bertz CT molecular complexity index is 436. The number of thioether (sulfide) groups is 1. The van der Waals surface area contributed by atoms with Gasteiger partial charge < -0.3 is 0 Å². The van der Waals surface area contributed by atoms with Gasteiger partial charge in [0.1, 0.15) is 0 Å². The molecule has 0 saturated carbocycles. The lowest BCUT2D eigenvalue weighted by atomic mass is 10.2. The lowest BCUT2D eigenvalue weighted by Crippen LogP contribution is -1.67. The molecule has 0 saturated heterocycles. The quantitative estimate of drug-likeness (QED) is 0.717. The van der Waals surface area contributed by atoms with Crippen LogP contribution in [0.2, 0.25) is 0 Å². The van der Waals surface area contributed by atoms with Gasteiger partial charge in [-0.05, 0) is 34.1 Å². The molecular formula is C16H14S. The predicted molar refractivity (Wildman–Crippen MR) is 78.5 cm³/mol. The van der Waals surface area contributed by atoms with Crippen molar-refractivity contribution >= 4 is 23.9 Å². The molecule has 17 heavy (non-hydrogen) atoms. The molecule has 0 aliphatic carbocycles. The van der Waals surface area contributed by atoms with Gasteiger partial charge in [-0.2, -0.15) is 0 Å². The van der Waals surface area contributed by atoms with Gasteiger partial charge in [-0.15, -0.1) is 11.8 Å². The standard InChI is InChI=1S/C16H14S/c1-3-7-15(8-4-1)11-13-17-14-12-16-9-5-2-6-10-16/h1-14H/b13-11-,14-12?. The zero-order chi connectivity index (χ0) is 11.8. The fourth-order valence-corrected chi connectivity index (χ4v) is 1.97. The van der Waals surface area contributed by atoms with Crippen molar-refractivity contribution < 1.29 is 0 Å². The maximum atomic E-state index is 2.11. The topological polar surface area (TPSA) is 0 Å². The second-order valence-electron chi connectivity index (χ2n) is 3.56. The Morgan fingerprint density at radius 1 is 0.588 bits per heavy atom. The molecule has 0 nitrogen and oxygen atoms in total. The molecule has 0 heterocycles. The highest BCUT2D eigenvalue weighted by atomic mass is 32.2. The number of hydrogen-bond acceptors (Lipinski definition) is 1. The van der Waals surface area contributed by atoms with E-state index in [1.54, 1.807) is 11.8 Å². The van der Waals surface area contributed by atoms with Crippen molar-refractivity contribution in [3.05, 3.63) is 82.6 Å². The zero-order valence-electron chi connectivity index (χ0n) is 9.49. The molecule has 0 spiro atoms. The maximum Gasteiger partial charge on any atom is -0.0242 e. The Hall–Kier alpha value is -1.73. The molecule has 0 bridgehead atoms. The van der Waals surface area contributed by atoms with Gasteiger partial charge in [0.2, 0.25) is 0 Å². The van der Waals surface area contributed by atoms with Crippen molar-refractivity contribution in [1.82, 2.24) is 0 Å². The van der Waals surface area contributed by atoms with Crippen LogP contribution in [0.3, 0.4) is 0 Å². The van der Waals surface area contributed by atoms with Gasteiger partial charge in [-0.25, -0.2) is 0 Å². The first-order valence-corrected chi connectivity index (χ1v) is 6.48. The van der Waals surface area contributed by atoms with Crippen LogP contribution in [-0.4, -0.2) is 0 Å². The monoisotopic (exact) mass is 238 g/mol. The Morgan fingerprint density at radius 2 is 1.00 bits per heavy atom. The van der Waals surface area contributed by atoms with Crippen LogP contribution in [0.1, 0.15) is 11.1 Å². The Morgan fingerprint density at radius 3 is 1.41 bits per heavy atom. The SMILES string of the molecule is C(=Cc1ccccc1)S/C=C\c1ccccc1. The molecule has 2 rings (SSSR count). The number of rotatable bonds is 4. The summed E-state index contributed by atoms with van der Waals surface area (Å²) in [5, 5.41) is 4.18. The molecule has 0 aromatic heterocycles. The van der Waals surface area contributed by atoms with Gasteiger partial charge in [-0.3, -0.25) is 0 Å². The Kier molecular flexibility index (Phi) is 4.68. The summed E-state index contributed by atoms with van der Waals surface area (Å²) in [6.45, 7) is 0. The first kappa shape index (κ1) is 11.7. The third-order valence-electron chi connectivity index (χ3n) is 2.28. The minimum atomic E-state index is 1.23. The first-order valence-electron chi connectivity index (χ1n) is 5.54. The van der Waals surface area contributed by atoms with E-state index in [2.05, 4.69) is 47.2 Å². The summed E-state index contributed by atoms with van der Waals surface area (Å²) in [7, 11) is 0. The molecule has 0 aliphatic rings. The van der Waals surface area contributed by atoms with Crippen molar-refractivity contribution in [3.8, 4) is 0 Å². The summed E-state index contributed by atoms with van der Waals surface area (Å²) in [5.74, 6) is 0. The molecule has 2 aromatic rings. The van der Waals surface area contributed by atoms with Crippen LogP contribution >= 0.6 is 11.8 Å². The molecule has 0 unspecified atom stereocenters. The third-order valence-corrected chi connectivity index (χ3v) is 2.86. The Balaban J connectivity index is 1.84. The summed E-state index contributed by atoms with van der Waals surface area (Å²) in [4.78, 5) is 0. The summed E-state index contributed by atoms with van der Waals surface area (Å²) in [6, 6.07) is 20.6. The number of benzene rings is 2. The number of hydrogen-bond donors (Lipinski definition) is 0. The van der Waals surface area contributed by atoms with E-state index >= 15 is 0 Å². The fraction of sp³-hybridized carbons (Fsp3) is 0. The van der Waals surface area contributed by atoms with Crippen LogP contribution in [0.15, 0.2) is 71.5 Å². The van der Waals surface area contributed by atoms with E-state index in [0.717, 1.165) is 0 Å². The van der Waals surface area contributed by atoms with Crippen LogP contribution < -0.4 is 0 Å². The second kappa shape index (κ2) is 6.77. The molecule has 1 heteroatoms. The molecule has 0 fully saturated rings. The molecule has 0 N–H and O–H groups in total. The molecule has 0 atom stereocenters. The maximum absolute atomic E-state index is 2.11. The molecule has 0 amide bonds. The normalized spacial score (nSPS) is 11.3. The average molecular weight is 238 g/mol. The third kappa shape index (κ3) is 4.33. The Labute approximate surface area is 107 Å². The van der Waals surface area contributed by atoms with Crippen LogP contribution in [0.25, 0.3) is 12.2 Å². The van der Waals surface area contributed by atoms with Gasteiger partial charge >= 0.3 is 0 Å².